The molecule has 0 aliphatic heterocycles. The molecule has 0 bridgehead atoms. The maximum atomic E-state index is 12.5. The molecule has 0 saturated carbocycles. The van der Waals surface area contributed by atoms with Gasteiger partial charge in [-0.15, -0.1) is 0 Å². The largest absolute Gasteiger partial charge is 0.928 e. The quantitative estimate of drug-likeness (QED) is 0.197. The van der Waals surface area contributed by atoms with Crippen molar-refractivity contribution >= 4 is 37.9 Å². The summed E-state index contributed by atoms with van der Waals surface area (Å²) >= 11 is -3.56. The Labute approximate surface area is 154 Å². The van der Waals surface area contributed by atoms with Crippen molar-refractivity contribution in [2.75, 3.05) is 18.5 Å². The maximum Gasteiger partial charge on any atom is 0.928 e. The van der Waals surface area contributed by atoms with Crippen molar-refractivity contribution in [1.29, 1.82) is 0 Å². The first-order chi connectivity index (χ1) is 11.6. The molecule has 13 heteroatoms. The number of rotatable bonds is 15. The van der Waals surface area contributed by atoms with Crippen molar-refractivity contribution in [2.45, 2.75) is 20.8 Å². The summed E-state index contributed by atoms with van der Waals surface area (Å²) in [5.41, 5.74) is 0. The van der Waals surface area contributed by atoms with Crippen LogP contribution in [0.1, 0.15) is 20.8 Å². The molecule has 0 aromatic carbocycles. The molecule has 0 radical (unpaired) electrons. The van der Waals surface area contributed by atoms with Gasteiger partial charge >= 0.3 is 37.9 Å². The van der Waals surface area contributed by atoms with E-state index in [-0.39, 0.29) is 18.5 Å². The highest BCUT2D eigenvalue weighted by molar-refractivity contribution is 7.58. The maximum absolute atomic E-state index is 12.5. The van der Waals surface area contributed by atoms with E-state index in [4.69, 9.17) is 24.3 Å². The van der Waals surface area contributed by atoms with Gasteiger partial charge in [0.1, 0.15) is 0 Å². The van der Waals surface area contributed by atoms with Gasteiger partial charge in [-0.3, -0.25) is 0 Å². The van der Waals surface area contributed by atoms with E-state index < -0.39 is 37.9 Å². The van der Waals surface area contributed by atoms with Gasteiger partial charge in [0, 0.05) is 0 Å². The van der Waals surface area contributed by atoms with Crippen molar-refractivity contribution < 1.29 is 38.0 Å². The third-order valence-corrected chi connectivity index (χ3v) is 12.3. The molecule has 0 heterocycles. The second-order valence-electron chi connectivity index (χ2n) is 4.20. The van der Waals surface area contributed by atoms with Gasteiger partial charge in [-0.25, -0.2) is 13.7 Å². The lowest BCUT2D eigenvalue weighted by atomic mass is 11.0. The van der Waals surface area contributed by atoms with Crippen molar-refractivity contribution in [3.63, 3.8) is 0 Å². The zero-order valence-electron chi connectivity index (χ0n) is 14.6. The molecule has 0 aromatic rings. The molecular formula is C12H24AlO9P3. The van der Waals surface area contributed by atoms with Gasteiger partial charge in [0.2, 0.25) is 0 Å². The average Bonchev–Trinajstić information content (AvgIpc) is 2.55. The fourth-order valence-corrected chi connectivity index (χ4v) is 9.48. The molecule has 0 spiro atoms. The lowest BCUT2D eigenvalue weighted by Gasteiger charge is -2.25. The predicted octanol–water partition coefficient (Wildman–Crippen LogP) is 5.14. The normalized spacial score (nSPS) is 17.9. The molecule has 9 nitrogen and oxygen atoms in total. The van der Waals surface area contributed by atoms with Crippen molar-refractivity contribution in [1.82, 2.24) is 0 Å². The Morgan fingerprint density at radius 1 is 0.680 bits per heavy atom. The van der Waals surface area contributed by atoms with Gasteiger partial charge in [0.15, 0.2) is 0 Å². The monoisotopic (exact) mass is 432 g/mol. The van der Waals surface area contributed by atoms with E-state index >= 15 is 0 Å². The van der Waals surface area contributed by atoms with Crippen LogP contribution in [-0.4, -0.2) is 33.6 Å². The predicted molar refractivity (Wildman–Crippen MR) is 97.3 cm³/mol. The van der Waals surface area contributed by atoms with Crippen LogP contribution in [0.2, 0.25) is 0 Å². The Morgan fingerprint density at radius 3 is 1.08 bits per heavy atom. The van der Waals surface area contributed by atoms with Crippen molar-refractivity contribution in [3.8, 4) is 0 Å². The third kappa shape index (κ3) is 8.77. The van der Waals surface area contributed by atoms with E-state index in [0.717, 1.165) is 18.8 Å². The van der Waals surface area contributed by atoms with Gasteiger partial charge in [0.25, 0.3) is 0 Å². The first kappa shape index (κ1) is 24.7. The minimum atomic E-state index is -3.70. The fraction of sp³-hybridized carbons (Fsp3) is 0.500. The van der Waals surface area contributed by atoms with Crippen LogP contribution in [0.3, 0.4) is 0 Å². The molecule has 0 N–H and O–H groups in total. The highest BCUT2D eigenvalue weighted by atomic mass is 31.2. The van der Waals surface area contributed by atoms with Crippen molar-refractivity contribution in [2.24, 2.45) is 0 Å². The molecule has 0 amide bonds. The molecule has 0 fully saturated rings. The van der Waals surface area contributed by atoms with Crippen LogP contribution in [0.4, 0.5) is 0 Å². The molecular weight excluding hydrogens is 408 g/mol. The van der Waals surface area contributed by atoms with Crippen molar-refractivity contribution in [3.05, 3.63) is 38.5 Å². The second-order valence-corrected chi connectivity index (χ2v) is 13.5. The summed E-state index contributed by atoms with van der Waals surface area (Å²) in [5, 5.41) is 0. The standard InChI is InChI=1S/3C4H9O3P.Al/c3*1-3-7-8(5,6)4-2;/h3*3H,1,4H2,2H3,(H,5,6);/q;;;+3/p-3. The molecule has 0 aliphatic carbocycles. The highest BCUT2D eigenvalue weighted by Crippen LogP contribution is 2.57. The Hall–Kier alpha value is -0.278. The molecule has 0 aromatic heterocycles. The molecule has 0 aliphatic rings. The summed E-state index contributed by atoms with van der Waals surface area (Å²) < 4.78 is 68.1. The topological polar surface area (TPSA) is 107 Å². The van der Waals surface area contributed by atoms with E-state index in [2.05, 4.69) is 19.7 Å². The fourth-order valence-electron chi connectivity index (χ4n) is 1.31. The molecule has 144 valence electrons. The molecule has 3 atom stereocenters. The zero-order chi connectivity index (χ0) is 19.6. The smallest absolute Gasteiger partial charge is 0.434 e. The van der Waals surface area contributed by atoms with Crippen LogP contribution in [0.15, 0.2) is 38.5 Å². The Kier molecular flexibility index (Phi) is 11.3. The minimum absolute atomic E-state index is 0.0489. The number of hydrogen-bond acceptors (Lipinski definition) is 9. The second kappa shape index (κ2) is 11.4. The average molecular weight is 432 g/mol. The zero-order valence-corrected chi connectivity index (χ0v) is 18.4. The SMILES string of the molecule is C=COP(=O)(CC)[O][Al]([O]P(=O)(CC)OC=C)[O]P(=O)(CC)OC=C. The Morgan fingerprint density at radius 2 is 0.920 bits per heavy atom. The van der Waals surface area contributed by atoms with E-state index in [1.807, 2.05) is 0 Å². The van der Waals surface area contributed by atoms with Crippen LogP contribution in [0, 0.1) is 0 Å². The summed E-state index contributed by atoms with van der Waals surface area (Å²) in [6.07, 6.45) is 2.67. The molecule has 3 unspecified atom stereocenters. The third-order valence-electron chi connectivity index (χ3n) is 2.61. The van der Waals surface area contributed by atoms with E-state index in [1.54, 1.807) is 0 Å². The molecule has 0 rings (SSSR count). The van der Waals surface area contributed by atoms with Crippen LogP contribution in [-0.2, 0) is 38.0 Å². The van der Waals surface area contributed by atoms with Gasteiger partial charge in [-0.05, 0) is 0 Å². The summed E-state index contributed by atoms with van der Waals surface area (Å²) in [6.45, 7) is 14.6. The lowest BCUT2D eigenvalue weighted by molar-refractivity contribution is 0.236. The number of hydrogen-bond donors (Lipinski definition) is 0. The molecule has 0 saturated heterocycles. The van der Waals surface area contributed by atoms with Crippen LogP contribution in [0.25, 0.3) is 0 Å². The summed E-state index contributed by atoms with van der Waals surface area (Å²) in [5.74, 6) is 0. The summed E-state index contributed by atoms with van der Waals surface area (Å²) in [7, 11) is -11.1. The van der Waals surface area contributed by atoms with Gasteiger partial charge in [-0.1, -0.05) is 40.5 Å². The Balaban J connectivity index is 5.63. The van der Waals surface area contributed by atoms with Gasteiger partial charge in [0.05, 0.1) is 37.3 Å². The van der Waals surface area contributed by atoms with E-state index in [0.29, 0.717) is 0 Å². The lowest BCUT2D eigenvalue weighted by Crippen LogP contribution is -2.26. The highest BCUT2D eigenvalue weighted by Gasteiger charge is 2.50. The van der Waals surface area contributed by atoms with Crippen LogP contribution < -0.4 is 0 Å². The Bertz CT molecular complexity index is 514. The van der Waals surface area contributed by atoms with E-state index in [1.165, 1.54) is 20.8 Å². The summed E-state index contributed by atoms with van der Waals surface area (Å²) in [6, 6.07) is 0. The minimum Gasteiger partial charge on any atom is -0.434 e. The van der Waals surface area contributed by atoms with E-state index in [9.17, 15) is 13.7 Å². The summed E-state index contributed by atoms with van der Waals surface area (Å²) in [4.78, 5) is 0. The van der Waals surface area contributed by atoms with Gasteiger partial charge < -0.3 is 24.3 Å². The van der Waals surface area contributed by atoms with Gasteiger partial charge in [-0.2, -0.15) is 0 Å². The molecule has 25 heavy (non-hydrogen) atoms. The van der Waals surface area contributed by atoms with Crippen LogP contribution in [0.5, 0.6) is 0 Å². The first-order valence-electron chi connectivity index (χ1n) is 7.35. The first-order valence-corrected chi connectivity index (χ1v) is 14.0. The van der Waals surface area contributed by atoms with Crippen LogP contribution >= 0.6 is 22.8 Å².